The van der Waals surface area contributed by atoms with Gasteiger partial charge in [0.05, 0.1) is 5.92 Å². The lowest BCUT2D eigenvalue weighted by atomic mass is 10.0. The van der Waals surface area contributed by atoms with Gasteiger partial charge >= 0.3 is 5.97 Å². The number of aromatic nitrogens is 4. The zero-order valence-electron chi connectivity index (χ0n) is 11.6. The summed E-state index contributed by atoms with van der Waals surface area (Å²) in [4.78, 5) is 22.9. The van der Waals surface area contributed by atoms with Crippen molar-refractivity contribution in [3.05, 3.63) is 29.8 Å². The van der Waals surface area contributed by atoms with Crippen LogP contribution >= 0.6 is 0 Å². The molecule has 21 heavy (non-hydrogen) atoms. The highest BCUT2D eigenvalue weighted by molar-refractivity contribution is 5.95. The van der Waals surface area contributed by atoms with Crippen molar-refractivity contribution >= 4 is 11.9 Å². The Hall–Kier alpha value is -2.77. The maximum Gasteiger partial charge on any atom is 0.308 e. The van der Waals surface area contributed by atoms with E-state index < -0.39 is 17.9 Å². The molecule has 1 amide bonds. The molecule has 0 aliphatic carbocycles. The van der Waals surface area contributed by atoms with Crippen molar-refractivity contribution in [2.45, 2.75) is 19.9 Å². The first-order valence-electron chi connectivity index (χ1n) is 6.36. The van der Waals surface area contributed by atoms with Crippen molar-refractivity contribution in [1.29, 1.82) is 0 Å². The Balaban J connectivity index is 2.05. The van der Waals surface area contributed by atoms with E-state index in [0.717, 1.165) is 5.56 Å². The number of hydrogen-bond donors (Lipinski definition) is 3. The number of benzene rings is 1. The number of carboxylic acids is 1. The lowest BCUT2D eigenvalue weighted by Crippen LogP contribution is -2.40. The number of tetrazole rings is 1. The Kier molecular flexibility index (Phi) is 4.27. The molecule has 0 spiro atoms. The molecule has 0 fully saturated rings. The van der Waals surface area contributed by atoms with Crippen LogP contribution in [0.15, 0.2) is 24.3 Å². The molecule has 2 aromatic rings. The topological polar surface area (TPSA) is 121 Å². The molecule has 8 nitrogen and oxygen atoms in total. The summed E-state index contributed by atoms with van der Waals surface area (Å²) in [6, 6.07) is 6.18. The number of hydrogen-bond acceptors (Lipinski definition) is 5. The molecule has 3 N–H and O–H groups in total. The average Bonchev–Trinajstić information content (AvgIpc) is 3.00. The van der Waals surface area contributed by atoms with Crippen LogP contribution in [0.3, 0.4) is 0 Å². The predicted octanol–water partition coefficient (Wildman–Crippen LogP) is 0.706. The number of amides is 1. The minimum absolute atomic E-state index is 0.324. The lowest BCUT2D eigenvalue weighted by molar-refractivity contribution is -0.141. The number of H-pyrrole nitrogens is 1. The van der Waals surface area contributed by atoms with Gasteiger partial charge in [0, 0.05) is 17.2 Å². The van der Waals surface area contributed by atoms with Gasteiger partial charge in [-0.1, -0.05) is 12.1 Å². The van der Waals surface area contributed by atoms with Gasteiger partial charge < -0.3 is 10.4 Å². The quantitative estimate of drug-likeness (QED) is 0.745. The third kappa shape index (κ3) is 3.41. The second-order valence-corrected chi connectivity index (χ2v) is 4.70. The molecule has 2 atom stereocenters. The largest absolute Gasteiger partial charge is 0.481 e. The zero-order valence-corrected chi connectivity index (χ0v) is 11.6. The maximum atomic E-state index is 12.0. The average molecular weight is 289 g/mol. The molecule has 0 saturated carbocycles. The summed E-state index contributed by atoms with van der Waals surface area (Å²) in [6.07, 6.45) is 0. The van der Waals surface area contributed by atoms with Crippen molar-refractivity contribution in [1.82, 2.24) is 25.9 Å². The summed E-state index contributed by atoms with van der Waals surface area (Å²) >= 11 is 0. The van der Waals surface area contributed by atoms with Crippen LogP contribution in [0.4, 0.5) is 0 Å². The van der Waals surface area contributed by atoms with E-state index in [2.05, 4.69) is 25.9 Å². The number of rotatable bonds is 5. The van der Waals surface area contributed by atoms with Crippen LogP contribution in [0.2, 0.25) is 0 Å². The standard InChI is InChI=1S/C13H15N5O3/c1-7(13(20)21)8(2)14-12(19)10-5-3-9(4-6-10)11-15-17-18-16-11/h3-8H,1-2H3,(H,14,19)(H,20,21)(H,15,16,17,18). The molecule has 110 valence electrons. The van der Waals surface area contributed by atoms with Gasteiger partial charge in [0.15, 0.2) is 0 Å². The number of nitrogens with one attached hydrogen (secondary N) is 2. The molecule has 1 aromatic heterocycles. The highest BCUT2D eigenvalue weighted by Gasteiger charge is 2.21. The van der Waals surface area contributed by atoms with E-state index in [1.807, 2.05) is 0 Å². The second kappa shape index (κ2) is 6.12. The SMILES string of the molecule is CC(NC(=O)c1ccc(-c2nn[nH]n2)cc1)C(C)C(=O)O. The van der Waals surface area contributed by atoms with E-state index in [9.17, 15) is 9.59 Å². The van der Waals surface area contributed by atoms with Crippen LogP contribution in [-0.2, 0) is 4.79 Å². The van der Waals surface area contributed by atoms with Crippen LogP contribution in [0.25, 0.3) is 11.4 Å². The number of aromatic amines is 1. The number of carbonyl (C=O) groups is 2. The van der Waals surface area contributed by atoms with Crippen LogP contribution in [0.5, 0.6) is 0 Å². The molecule has 2 rings (SSSR count). The number of nitrogens with zero attached hydrogens (tertiary/aromatic N) is 3. The lowest BCUT2D eigenvalue weighted by Gasteiger charge is -2.17. The molecule has 2 unspecified atom stereocenters. The van der Waals surface area contributed by atoms with Crippen LogP contribution in [-0.4, -0.2) is 43.6 Å². The fourth-order valence-electron chi connectivity index (χ4n) is 1.68. The Morgan fingerprint density at radius 2 is 1.90 bits per heavy atom. The zero-order chi connectivity index (χ0) is 15.4. The molecule has 1 heterocycles. The van der Waals surface area contributed by atoms with Gasteiger partial charge in [-0.05, 0) is 31.2 Å². The van der Waals surface area contributed by atoms with Crippen molar-refractivity contribution in [2.75, 3.05) is 0 Å². The van der Waals surface area contributed by atoms with Crippen LogP contribution < -0.4 is 5.32 Å². The van der Waals surface area contributed by atoms with Gasteiger partial charge in [0.1, 0.15) is 0 Å². The number of aliphatic carboxylic acids is 1. The Morgan fingerprint density at radius 1 is 1.24 bits per heavy atom. The first-order valence-corrected chi connectivity index (χ1v) is 6.36. The molecule has 0 bridgehead atoms. The van der Waals surface area contributed by atoms with Gasteiger partial charge in [0.25, 0.3) is 5.91 Å². The van der Waals surface area contributed by atoms with E-state index in [0.29, 0.717) is 11.4 Å². The number of carbonyl (C=O) groups excluding carboxylic acids is 1. The van der Waals surface area contributed by atoms with Gasteiger partial charge in [-0.2, -0.15) is 5.21 Å². The summed E-state index contributed by atoms with van der Waals surface area (Å²) in [7, 11) is 0. The Bertz CT molecular complexity index is 624. The third-order valence-electron chi connectivity index (χ3n) is 3.25. The molecule has 0 saturated heterocycles. The van der Waals surface area contributed by atoms with E-state index >= 15 is 0 Å². The van der Waals surface area contributed by atoms with Crippen molar-refractivity contribution in [3.8, 4) is 11.4 Å². The highest BCUT2D eigenvalue weighted by atomic mass is 16.4. The van der Waals surface area contributed by atoms with Crippen molar-refractivity contribution < 1.29 is 14.7 Å². The summed E-state index contributed by atoms with van der Waals surface area (Å²) in [5.74, 6) is -1.49. The second-order valence-electron chi connectivity index (χ2n) is 4.70. The Labute approximate surface area is 120 Å². The normalized spacial score (nSPS) is 13.4. The molecular weight excluding hydrogens is 274 g/mol. The van der Waals surface area contributed by atoms with E-state index in [-0.39, 0.29) is 5.91 Å². The van der Waals surface area contributed by atoms with Crippen molar-refractivity contribution in [3.63, 3.8) is 0 Å². The molecule has 8 heteroatoms. The maximum absolute atomic E-state index is 12.0. The first kappa shape index (κ1) is 14.6. The monoisotopic (exact) mass is 289 g/mol. The third-order valence-corrected chi connectivity index (χ3v) is 3.25. The fraction of sp³-hybridized carbons (Fsp3) is 0.308. The minimum Gasteiger partial charge on any atom is -0.481 e. The summed E-state index contributed by atoms with van der Waals surface area (Å²) in [6.45, 7) is 3.21. The molecule has 0 radical (unpaired) electrons. The predicted molar refractivity (Wildman–Crippen MR) is 73.3 cm³/mol. The number of carboxylic acid groups (broad SMARTS) is 1. The minimum atomic E-state index is -0.949. The molecule has 1 aromatic carbocycles. The highest BCUT2D eigenvalue weighted by Crippen LogP contribution is 2.14. The molecular formula is C13H15N5O3. The van der Waals surface area contributed by atoms with E-state index in [4.69, 9.17) is 5.11 Å². The smallest absolute Gasteiger partial charge is 0.308 e. The van der Waals surface area contributed by atoms with Gasteiger partial charge in [-0.25, -0.2) is 0 Å². The van der Waals surface area contributed by atoms with Crippen molar-refractivity contribution in [2.24, 2.45) is 5.92 Å². The van der Waals surface area contributed by atoms with Crippen LogP contribution in [0.1, 0.15) is 24.2 Å². The summed E-state index contributed by atoms with van der Waals surface area (Å²) in [5, 5.41) is 25.1. The first-order chi connectivity index (χ1) is 9.99. The van der Waals surface area contributed by atoms with Gasteiger partial charge in [0.2, 0.25) is 5.82 Å². The Morgan fingerprint density at radius 3 is 2.43 bits per heavy atom. The molecule has 0 aliphatic heterocycles. The fourth-order valence-corrected chi connectivity index (χ4v) is 1.68. The molecule has 0 aliphatic rings. The summed E-state index contributed by atoms with van der Waals surface area (Å²) < 4.78 is 0. The summed E-state index contributed by atoms with van der Waals surface area (Å²) in [5.41, 5.74) is 1.17. The van der Waals surface area contributed by atoms with Gasteiger partial charge in [-0.15, -0.1) is 10.2 Å². The van der Waals surface area contributed by atoms with Crippen LogP contribution in [0, 0.1) is 5.92 Å². The van der Waals surface area contributed by atoms with Gasteiger partial charge in [-0.3, -0.25) is 9.59 Å². The van der Waals surface area contributed by atoms with E-state index in [1.54, 1.807) is 38.1 Å². The van der Waals surface area contributed by atoms with E-state index in [1.165, 1.54) is 0 Å².